The Morgan fingerprint density at radius 1 is 1.43 bits per heavy atom. The Morgan fingerprint density at radius 2 is 2.17 bits per heavy atom. The molecular weight excluding hydrogens is 363 g/mol. The van der Waals surface area contributed by atoms with Crippen molar-refractivity contribution in [3.63, 3.8) is 0 Å². The molecule has 0 aromatic heterocycles. The third kappa shape index (κ3) is 2.66. The number of nitriles is 1. The van der Waals surface area contributed by atoms with E-state index >= 15 is 0 Å². The maximum absolute atomic E-state index is 13.5. The number of Topliss-reactive ketones (excluding diaryl/α,β-unsaturated/α-hetero) is 1. The smallest absolute Gasteiger partial charge is 0.205 e. The van der Waals surface area contributed by atoms with Crippen molar-refractivity contribution < 1.29 is 13.9 Å². The van der Waals surface area contributed by atoms with Crippen LogP contribution in [-0.4, -0.2) is 5.78 Å². The van der Waals surface area contributed by atoms with E-state index in [4.69, 9.17) is 10.5 Å². The summed E-state index contributed by atoms with van der Waals surface area (Å²) in [6.45, 7) is 1.97. The van der Waals surface area contributed by atoms with E-state index in [0.29, 0.717) is 29.7 Å². The molecule has 2 aliphatic rings. The van der Waals surface area contributed by atoms with Gasteiger partial charge in [-0.25, -0.2) is 4.39 Å². The van der Waals surface area contributed by atoms with Crippen molar-refractivity contribution in [3.8, 4) is 6.07 Å². The highest BCUT2D eigenvalue weighted by Crippen LogP contribution is 2.44. The van der Waals surface area contributed by atoms with E-state index in [1.54, 1.807) is 12.1 Å². The zero-order valence-corrected chi connectivity index (χ0v) is 14.0. The molecule has 0 radical (unpaired) electrons. The van der Waals surface area contributed by atoms with Gasteiger partial charge in [0.05, 0.1) is 10.4 Å². The largest absolute Gasteiger partial charge is 0.444 e. The molecule has 1 aromatic carbocycles. The first-order chi connectivity index (χ1) is 10.9. The first kappa shape index (κ1) is 15.8. The summed E-state index contributed by atoms with van der Waals surface area (Å²) in [5.41, 5.74) is 7.17. The zero-order valence-electron chi connectivity index (χ0n) is 12.4. The molecule has 4 nitrogen and oxygen atoms in total. The number of ether oxygens (including phenoxy) is 1. The van der Waals surface area contributed by atoms with Crippen LogP contribution < -0.4 is 5.73 Å². The van der Waals surface area contributed by atoms with Crippen molar-refractivity contribution in [1.29, 1.82) is 5.26 Å². The Labute approximate surface area is 141 Å². The van der Waals surface area contributed by atoms with E-state index in [0.717, 1.165) is 0 Å². The highest BCUT2D eigenvalue weighted by Gasteiger charge is 2.39. The fourth-order valence-corrected chi connectivity index (χ4v) is 3.51. The quantitative estimate of drug-likeness (QED) is 0.811. The van der Waals surface area contributed by atoms with Gasteiger partial charge in [-0.3, -0.25) is 4.79 Å². The molecule has 1 aliphatic heterocycles. The Kier molecular flexibility index (Phi) is 3.99. The van der Waals surface area contributed by atoms with Crippen molar-refractivity contribution in [2.45, 2.75) is 25.7 Å². The number of carbonyl (C=O) groups excluding carboxylic acids is 1. The van der Waals surface area contributed by atoms with Crippen molar-refractivity contribution in [1.82, 2.24) is 0 Å². The van der Waals surface area contributed by atoms with E-state index < -0.39 is 11.7 Å². The summed E-state index contributed by atoms with van der Waals surface area (Å²) in [7, 11) is 0. The minimum atomic E-state index is -0.611. The molecule has 0 saturated carbocycles. The molecule has 0 saturated heterocycles. The number of carbonyl (C=O) groups is 1. The van der Waals surface area contributed by atoms with Crippen molar-refractivity contribution >= 4 is 21.7 Å². The second-order valence-corrected chi connectivity index (χ2v) is 6.73. The fraction of sp³-hybridized carbons (Fsp3) is 0.294. The van der Waals surface area contributed by atoms with E-state index in [9.17, 15) is 14.4 Å². The van der Waals surface area contributed by atoms with Crippen molar-refractivity contribution in [2.24, 2.45) is 11.7 Å². The van der Waals surface area contributed by atoms with Crippen molar-refractivity contribution in [3.05, 3.63) is 56.8 Å². The number of hydrogen-bond donors (Lipinski definition) is 1. The number of benzene rings is 1. The zero-order chi connectivity index (χ0) is 16.7. The molecular formula is C17H14BrFN2O2. The number of nitrogens with two attached hydrogens (primary N) is 1. The van der Waals surface area contributed by atoms with Gasteiger partial charge in [0, 0.05) is 18.4 Å². The number of nitrogens with zero attached hydrogens (tertiary/aromatic N) is 1. The summed E-state index contributed by atoms with van der Waals surface area (Å²) in [5, 5.41) is 9.46. The van der Waals surface area contributed by atoms with Crippen LogP contribution in [0, 0.1) is 23.1 Å². The number of allylic oxidation sites excluding steroid dienone is 3. The average molecular weight is 377 g/mol. The van der Waals surface area contributed by atoms with Gasteiger partial charge in [-0.15, -0.1) is 0 Å². The third-order valence-electron chi connectivity index (χ3n) is 4.14. The fourth-order valence-electron chi connectivity index (χ4n) is 3.12. The van der Waals surface area contributed by atoms with Gasteiger partial charge >= 0.3 is 0 Å². The van der Waals surface area contributed by atoms with Crippen LogP contribution >= 0.6 is 15.9 Å². The maximum Gasteiger partial charge on any atom is 0.205 e. The molecule has 6 heteroatoms. The average Bonchev–Trinajstić information content (AvgIpc) is 2.48. The third-order valence-corrected chi connectivity index (χ3v) is 4.75. The van der Waals surface area contributed by atoms with Crippen LogP contribution in [0.15, 0.2) is 45.5 Å². The van der Waals surface area contributed by atoms with Crippen molar-refractivity contribution in [2.75, 3.05) is 0 Å². The van der Waals surface area contributed by atoms with Gasteiger partial charge in [-0.1, -0.05) is 13.0 Å². The Hall–Kier alpha value is -2.13. The SMILES string of the molecule is C[C@@H]1CC(=O)C2=C(C1)OC(N)=C(C#N)[C@H]2c1ccc(F)c(Br)c1. The lowest BCUT2D eigenvalue weighted by Crippen LogP contribution is -2.29. The van der Waals surface area contributed by atoms with Gasteiger partial charge in [-0.05, 0) is 39.5 Å². The van der Waals surface area contributed by atoms with Crippen LogP contribution in [-0.2, 0) is 9.53 Å². The second-order valence-electron chi connectivity index (χ2n) is 5.87. The minimum Gasteiger partial charge on any atom is -0.444 e. The molecule has 0 amide bonds. The van der Waals surface area contributed by atoms with Gasteiger partial charge in [-0.2, -0.15) is 5.26 Å². The van der Waals surface area contributed by atoms with Gasteiger partial charge < -0.3 is 10.5 Å². The van der Waals surface area contributed by atoms with Crippen LogP contribution in [0.3, 0.4) is 0 Å². The van der Waals surface area contributed by atoms with Gasteiger partial charge in [0.25, 0.3) is 0 Å². The molecule has 0 fully saturated rings. The number of halogens is 2. The molecule has 0 spiro atoms. The molecule has 0 bridgehead atoms. The van der Waals surface area contributed by atoms with Crippen LogP contribution in [0.1, 0.15) is 31.2 Å². The van der Waals surface area contributed by atoms with Gasteiger partial charge in [0.2, 0.25) is 5.88 Å². The minimum absolute atomic E-state index is 0.0126. The molecule has 3 rings (SSSR count). The summed E-state index contributed by atoms with van der Waals surface area (Å²) < 4.78 is 19.4. The van der Waals surface area contributed by atoms with E-state index in [-0.39, 0.29) is 27.6 Å². The second kappa shape index (κ2) is 5.82. The highest BCUT2D eigenvalue weighted by molar-refractivity contribution is 9.10. The monoisotopic (exact) mass is 376 g/mol. The highest BCUT2D eigenvalue weighted by atomic mass is 79.9. The van der Waals surface area contributed by atoms with E-state index in [1.807, 2.05) is 13.0 Å². The maximum atomic E-state index is 13.5. The summed E-state index contributed by atoms with van der Waals surface area (Å²) in [5.74, 6) is -0.369. The van der Waals surface area contributed by atoms with Crippen LogP contribution in [0.4, 0.5) is 4.39 Å². The Bertz CT molecular complexity index is 807. The Morgan fingerprint density at radius 3 is 2.83 bits per heavy atom. The van der Waals surface area contributed by atoms with E-state index in [1.165, 1.54) is 6.07 Å². The summed E-state index contributed by atoms with van der Waals surface area (Å²) >= 11 is 3.14. The molecule has 2 atom stereocenters. The first-order valence-electron chi connectivity index (χ1n) is 7.21. The molecule has 2 N–H and O–H groups in total. The number of hydrogen-bond acceptors (Lipinski definition) is 4. The lowest BCUT2D eigenvalue weighted by atomic mass is 9.75. The molecule has 23 heavy (non-hydrogen) atoms. The topological polar surface area (TPSA) is 76.1 Å². The molecule has 1 heterocycles. The molecule has 0 unspecified atom stereocenters. The van der Waals surface area contributed by atoms with Crippen LogP contribution in [0.2, 0.25) is 0 Å². The number of rotatable bonds is 1. The van der Waals surface area contributed by atoms with E-state index in [2.05, 4.69) is 15.9 Å². The summed E-state index contributed by atoms with van der Waals surface area (Å²) in [6, 6.07) is 6.48. The Balaban J connectivity index is 2.19. The number of ketones is 1. The standard InChI is InChI=1S/C17H14BrFN2O2/c1-8-4-13(22)16-14(5-8)23-17(21)10(7-20)15(16)9-2-3-12(19)11(18)6-9/h2-3,6,8,15H,4-5,21H2,1H3/t8-,15-/m1/s1. The lowest BCUT2D eigenvalue weighted by molar-refractivity contribution is -0.117. The lowest BCUT2D eigenvalue weighted by Gasteiger charge is -2.33. The molecule has 1 aliphatic carbocycles. The predicted molar refractivity (Wildman–Crippen MR) is 85.2 cm³/mol. The van der Waals surface area contributed by atoms with Crippen LogP contribution in [0.5, 0.6) is 0 Å². The van der Waals surface area contributed by atoms with Crippen LogP contribution in [0.25, 0.3) is 0 Å². The normalized spacial score (nSPS) is 24.2. The van der Waals surface area contributed by atoms with Gasteiger partial charge in [0.1, 0.15) is 23.2 Å². The van der Waals surface area contributed by atoms with Gasteiger partial charge in [0.15, 0.2) is 5.78 Å². The molecule has 1 aromatic rings. The molecule has 118 valence electrons. The summed E-state index contributed by atoms with van der Waals surface area (Å²) in [4.78, 5) is 12.5. The first-order valence-corrected chi connectivity index (χ1v) is 8.00. The summed E-state index contributed by atoms with van der Waals surface area (Å²) in [6.07, 6.45) is 0.999. The predicted octanol–water partition coefficient (Wildman–Crippen LogP) is 3.65.